The van der Waals surface area contributed by atoms with Crippen LogP contribution in [0.3, 0.4) is 0 Å². The molecule has 0 aliphatic carbocycles. The number of rotatable bonds is 5. The van der Waals surface area contributed by atoms with Crippen LogP contribution >= 0.6 is 15.9 Å². The van der Waals surface area contributed by atoms with Gasteiger partial charge in [-0.2, -0.15) is 0 Å². The largest absolute Gasteiger partial charge is 0.480 e. The molecule has 7 heteroatoms. The monoisotopic (exact) mass is 336 g/mol. The molecule has 0 unspecified atom stereocenters. The van der Waals surface area contributed by atoms with Crippen LogP contribution < -0.4 is 10.6 Å². The van der Waals surface area contributed by atoms with Gasteiger partial charge in [0.05, 0.1) is 0 Å². The first kappa shape index (κ1) is 14.3. The maximum atomic E-state index is 10.5. The van der Waals surface area contributed by atoms with E-state index in [1.165, 1.54) is 6.33 Å². The lowest BCUT2D eigenvalue weighted by atomic mass is 10.2. The number of carboxylic acid groups (broad SMARTS) is 1. The van der Waals surface area contributed by atoms with Crippen molar-refractivity contribution in [3.05, 3.63) is 40.6 Å². The highest BCUT2D eigenvalue weighted by atomic mass is 79.9. The second kappa shape index (κ2) is 6.33. The van der Waals surface area contributed by atoms with Crippen molar-refractivity contribution < 1.29 is 9.90 Å². The summed E-state index contributed by atoms with van der Waals surface area (Å²) in [5.41, 5.74) is 2.02. The molecule has 2 rings (SSSR count). The Kier molecular flexibility index (Phi) is 4.52. The lowest BCUT2D eigenvalue weighted by Gasteiger charge is -2.08. The summed E-state index contributed by atoms with van der Waals surface area (Å²) < 4.78 is 1.00. The quantitative estimate of drug-likeness (QED) is 0.778. The van der Waals surface area contributed by atoms with Crippen molar-refractivity contribution >= 4 is 39.2 Å². The molecule has 3 N–H and O–H groups in total. The number of aromatic nitrogens is 2. The van der Waals surface area contributed by atoms with Gasteiger partial charge in [-0.05, 0) is 24.6 Å². The number of carbonyl (C=O) groups is 1. The minimum atomic E-state index is -0.944. The summed E-state index contributed by atoms with van der Waals surface area (Å²) >= 11 is 3.46. The van der Waals surface area contributed by atoms with Gasteiger partial charge in [0.25, 0.3) is 0 Å². The van der Waals surface area contributed by atoms with E-state index in [4.69, 9.17) is 5.11 Å². The third-order valence-corrected chi connectivity index (χ3v) is 3.39. The van der Waals surface area contributed by atoms with Crippen molar-refractivity contribution in [3.8, 4) is 0 Å². The number of halogens is 1. The van der Waals surface area contributed by atoms with Crippen LogP contribution in [-0.4, -0.2) is 27.6 Å². The van der Waals surface area contributed by atoms with E-state index in [9.17, 15) is 4.79 Å². The minimum Gasteiger partial charge on any atom is -0.480 e. The Hall–Kier alpha value is -2.15. The predicted octanol–water partition coefficient (Wildman–Crippen LogP) is 2.79. The maximum Gasteiger partial charge on any atom is 0.322 e. The van der Waals surface area contributed by atoms with Crippen LogP contribution in [0.5, 0.6) is 0 Å². The number of carboxylic acids is 1. The smallest absolute Gasteiger partial charge is 0.322 e. The molecule has 0 aliphatic rings. The van der Waals surface area contributed by atoms with Gasteiger partial charge < -0.3 is 15.7 Å². The van der Waals surface area contributed by atoms with Crippen LogP contribution in [0.4, 0.5) is 17.3 Å². The number of nitrogens with zero attached hydrogens (tertiary/aromatic N) is 2. The van der Waals surface area contributed by atoms with Crippen LogP contribution in [0.2, 0.25) is 0 Å². The fraction of sp³-hybridized carbons (Fsp3) is 0.154. The average Bonchev–Trinajstić information content (AvgIpc) is 2.41. The molecule has 1 aromatic carbocycles. The molecule has 0 saturated carbocycles. The Labute approximate surface area is 124 Å². The number of anilines is 3. The highest BCUT2D eigenvalue weighted by molar-refractivity contribution is 9.10. The van der Waals surface area contributed by atoms with E-state index in [0.29, 0.717) is 11.6 Å². The standard InChI is InChI=1S/C13H13BrN4O2/c1-8-2-3-9(4-10(8)14)18-12-5-11(16-7-17-12)15-6-13(19)20/h2-5,7H,6H2,1H3,(H,19,20)(H2,15,16,17,18). The van der Waals surface area contributed by atoms with Crippen molar-refractivity contribution in [2.24, 2.45) is 0 Å². The Bertz CT molecular complexity index is 634. The first-order valence-corrected chi connectivity index (χ1v) is 6.65. The fourth-order valence-electron chi connectivity index (χ4n) is 1.51. The summed E-state index contributed by atoms with van der Waals surface area (Å²) in [4.78, 5) is 18.5. The molecule has 1 heterocycles. The average molecular weight is 337 g/mol. The maximum absolute atomic E-state index is 10.5. The molecule has 0 atom stereocenters. The van der Waals surface area contributed by atoms with E-state index < -0.39 is 5.97 Å². The molecule has 0 saturated heterocycles. The van der Waals surface area contributed by atoms with Gasteiger partial charge in [-0.15, -0.1) is 0 Å². The van der Waals surface area contributed by atoms with Gasteiger partial charge in [0, 0.05) is 16.2 Å². The normalized spacial score (nSPS) is 10.1. The van der Waals surface area contributed by atoms with E-state index in [1.807, 2.05) is 25.1 Å². The van der Waals surface area contributed by atoms with E-state index in [1.54, 1.807) is 6.07 Å². The zero-order valence-electron chi connectivity index (χ0n) is 10.7. The molecular formula is C13H13BrN4O2. The zero-order chi connectivity index (χ0) is 14.5. The second-order valence-corrected chi connectivity index (χ2v) is 4.98. The predicted molar refractivity (Wildman–Crippen MR) is 80.3 cm³/mol. The topological polar surface area (TPSA) is 87.1 Å². The molecule has 0 radical (unpaired) electrons. The van der Waals surface area contributed by atoms with Crippen molar-refractivity contribution in [1.82, 2.24) is 9.97 Å². The molecule has 6 nitrogen and oxygen atoms in total. The van der Waals surface area contributed by atoms with E-state index in [2.05, 4.69) is 36.5 Å². The van der Waals surface area contributed by atoms with Crippen LogP contribution in [0.1, 0.15) is 5.56 Å². The van der Waals surface area contributed by atoms with Crippen molar-refractivity contribution in [3.63, 3.8) is 0 Å². The van der Waals surface area contributed by atoms with Gasteiger partial charge in [-0.25, -0.2) is 9.97 Å². The molecule has 0 fully saturated rings. The molecular weight excluding hydrogens is 324 g/mol. The highest BCUT2D eigenvalue weighted by Crippen LogP contribution is 2.23. The summed E-state index contributed by atoms with van der Waals surface area (Å²) in [5, 5.41) is 14.4. The fourth-order valence-corrected chi connectivity index (χ4v) is 1.89. The number of aryl methyl sites for hydroxylation is 1. The Morgan fingerprint density at radius 2 is 2.05 bits per heavy atom. The molecule has 0 bridgehead atoms. The highest BCUT2D eigenvalue weighted by Gasteiger charge is 2.03. The van der Waals surface area contributed by atoms with E-state index in [0.717, 1.165) is 15.7 Å². The number of benzene rings is 1. The number of hydrogen-bond acceptors (Lipinski definition) is 5. The van der Waals surface area contributed by atoms with Gasteiger partial charge >= 0.3 is 5.97 Å². The minimum absolute atomic E-state index is 0.188. The van der Waals surface area contributed by atoms with E-state index in [-0.39, 0.29) is 6.54 Å². The molecule has 0 aliphatic heterocycles. The number of aliphatic carboxylic acids is 1. The summed E-state index contributed by atoms with van der Waals surface area (Å²) in [6, 6.07) is 7.52. The lowest BCUT2D eigenvalue weighted by Crippen LogP contribution is -2.13. The SMILES string of the molecule is Cc1ccc(Nc2cc(NCC(=O)O)ncn2)cc1Br. The Morgan fingerprint density at radius 1 is 1.30 bits per heavy atom. The summed E-state index contributed by atoms with van der Waals surface area (Å²) in [6.07, 6.45) is 1.37. The molecule has 2 aromatic rings. The van der Waals surface area contributed by atoms with Gasteiger partial charge in [0.15, 0.2) is 0 Å². The molecule has 0 spiro atoms. The Balaban J connectivity index is 2.10. The third-order valence-electron chi connectivity index (χ3n) is 2.53. The Morgan fingerprint density at radius 3 is 2.75 bits per heavy atom. The molecule has 20 heavy (non-hydrogen) atoms. The first-order valence-electron chi connectivity index (χ1n) is 5.85. The summed E-state index contributed by atoms with van der Waals surface area (Å²) in [7, 11) is 0. The summed E-state index contributed by atoms with van der Waals surface area (Å²) in [6.45, 7) is 1.82. The number of hydrogen-bond donors (Lipinski definition) is 3. The molecule has 1 aromatic heterocycles. The number of nitrogens with one attached hydrogen (secondary N) is 2. The van der Waals surface area contributed by atoms with Gasteiger partial charge in [0.1, 0.15) is 24.5 Å². The van der Waals surface area contributed by atoms with Gasteiger partial charge in [0.2, 0.25) is 0 Å². The van der Waals surface area contributed by atoms with Crippen LogP contribution in [0, 0.1) is 6.92 Å². The van der Waals surface area contributed by atoms with Gasteiger partial charge in [-0.1, -0.05) is 22.0 Å². The van der Waals surface area contributed by atoms with Crippen molar-refractivity contribution in [2.75, 3.05) is 17.2 Å². The first-order chi connectivity index (χ1) is 9.54. The van der Waals surface area contributed by atoms with Crippen LogP contribution in [0.15, 0.2) is 35.1 Å². The zero-order valence-corrected chi connectivity index (χ0v) is 12.3. The molecule has 0 amide bonds. The second-order valence-electron chi connectivity index (χ2n) is 4.12. The summed E-state index contributed by atoms with van der Waals surface area (Å²) in [5.74, 6) is 0.0975. The van der Waals surface area contributed by atoms with Crippen LogP contribution in [0.25, 0.3) is 0 Å². The van der Waals surface area contributed by atoms with Crippen molar-refractivity contribution in [2.45, 2.75) is 6.92 Å². The van der Waals surface area contributed by atoms with Gasteiger partial charge in [-0.3, -0.25) is 4.79 Å². The molecule has 104 valence electrons. The lowest BCUT2D eigenvalue weighted by molar-refractivity contribution is -0.134. The van der Waals surface area contributed by atoms with Crippen LogP contribution in [-0.2, 0) is 4.79 Å². The van der Waals surface area contributed by atoms with Crippen molar-refractivity contribution in [1.29, 1.82) is 0 Å². The third kappa shape index (κ3) is 3.92. The van der Waals surface area contributed by atoms with E-state index >= 15 is 0 Å².